The molecule has 0 unspecified atom stereocenters. The first-order valence-electron chi connectivity index (χ1n) is 8.05. The molecule has 2 nitrogen and oxygen atoms in total. The normalized spacial score (nSPS) is 40.8. The largest absolute Gasteiger partial charge is 0.350 e. The minimum atomic E-state index is -0.0412. The van der Waals surface area contributed by atoms with Gasteiger partial charge in [-0.3, -0.25) is 0 Å². The number of rotatable bonds is 2. The van der Waals surface area contributed by atoms with Gasteiger partial charge in [0, 0.05) is 5.92 Å². The standard InChI is InChI=1S/C17H27ClO2/c1-11-7-12-5-4-6-17(2,3)15(12)8-14(11)16-19-10-13(9-18)20-16/h11,13-14,16H,4-10H2,1-3H3/t11-,13+,14+,16+/m1/s1. The van der Waals surface area contributed by atoms with Crippen LogP contribution in [0, 0.1) is 17.3 Å². The van der Waals surface area contributed by atoms with E-state index in [1.807, 2.05) is 0 Å². The van der Waals surface area contributed by atoms with Crippen molar-refractivity contribution in [1.29, 1.82) is 0 Å². The summed E-state index contributed by atoms with van der Waals surface area (Å²) in [6.07, 6.45) is 6.43. The van der Waals surface area contributed by atoms with E-state index < -0.39 is 0 Å². The molecule has 0 spiro atoms. The predicted molar refractivity (Wildman–Crippen MR) is 81.9 cm³/mol. The number of hydrogen-bond donors (Lipinski definition) is 0. The van der Waals surface area contributed by atoms with Gasteiger partial charge in [-0.1, -0.05) is 31.9 Å². The van der Waals surface area contributed by atoms with Gasteiger partial charge in [0.2, 0.25) is 0 Å². The third-order valence-electron chi connectivity index (χ3n) is 5.56. The number of alkyl halides is 1. The quantitative estimate of drug-likeness (QED) is 0.551. The second-order valence-corrected chi connectivity index (χ2v) is 7.79. The summed E-state index contributed by atoms with van der Waals surface area (Å²) in [5.41, 5.74) is 3.81. The van der Waals surface area contributed by atoms with Crippen LogP contribution >= 0.6 is 11.6 Å². The maximum Gasteiger partial charge on any atom is 0.161 e. The highest BCUT2D eigenvalue weighted by molar-refractivity contribution is 6.18. The van der Waals surface area contributed by atoms with Crippen molar-refractivity contribution >= 4 is 11.6 Å². The van der Waals surface area contributed by atoms with Crippen LogP contribution in [0.5, 0.6) is 0 Å². The third-order valence-corrected chi connectivity index (χ3v) is 5.90. The molecular weight excluding hydrogens is 272 g/mol. The van der Waals surface area contributed by atoms with Crippen molar-refractivity contribution in [2.24, 2.45) is 17.3 Å². The molecule has 1 aliphatic heterocycles. The fraction of sp³-hybridized carbons (Fsp3) is 0.882. The summed E-state index contributed by atoms with van der Waals surface area (Å²) in [5.74, 6) is 1.69. The van der Waals surface area contributed by atoms with E-state index in [9.17, 15) is 0 Å². The molecule has 0 aromatic heterocycles. The molecule has 0 N–H and O–H groups in total. The Balaban J connectivity index is 1.77. The fourth-order valence-electron chi connectivity index (χ4n) is 4.29. The highest BCUT2D eigenvalue weighted by Crippen LogP contribution is 2.50. The Morgan fingerprint density at radius 3 is 2.80 bits per heavy atom. The van der Waals surface area contributed by atoms with E-state index in [4.69, 9.17) is 21.1 Å². The van der Waals surface area contributed by atoms with E-state index in [2.05, 4.69) is 20.8 Å². The van der Waals surface area contributed by atoms with Crippen molar-refractivity contribution in [3.05, 3.63) is 11.1 Å². The minimum absolute atomic E-state index is 0.0412. The van der Waals surface area contributed by atoms with Gasteiger partial charge in [-0.25, -0.2) is 0 Å². The first kappa shape index (κ1) is 14.9. The molecule has 0 bridgehead atoms. The molecule has 20 heavy (non-hydrogen) atoms. The molecule has 2 aliphatic carbocycles. The summed E-state index contributed by atoms with van der Waals surface area (Å²) in [6, 6.07) is 0. The molecule has 0 saturated carbocycles. The Hall–Kier alpha value is -0.0500. The zero-order valence-corrected chi connectivity index (χ0v) is 13.7. The number of ether oxygens (including phenoxy) is 2. The highest BCUT2D eigenvalue weighted by Gasteiger charge is 2.42. The molecule has 4 atom stereocenters. The molecule has 0 amide bonds. The van der Waals surface area contributed by atoms with Crippen LogP contribution in [0.25, 0.3) is 0 Å². The number of hydrogen-bond acceptors (Lipinski definition) is 2. The van der Waals surface area contributed by atoms with E-state index in [1.165, 1.54) is 25.7 Å². The van der Waals surface area contributed by atoms with Crippen LogP contribution in [-0.2, 0) is 9.47 Å². The van der Waals surface area contributed by atoms with E-state index in [-0.39, 0.29) is 12.4 Å². The second-order valence-electron chi connectivity index (χ2n) is 7.48. The molecular formula is C17H27ClO2. The van der Waals surface area contributed by atoms with Crippen molar-refractivity contribution in [3.63, 3.8) is 0 Å². The van der Waals surface area contributed by atoms with Gasteiger partial charge >= 0.3 is 0 Å². The average Bonchev–Trinajstić information content (AvgIpc) is 2.86. The molecule has 1 heterocycles. The maximum atomic E-state index is 5.99. The molecule has 1 saturated heterocycles. The summed E-state index contributed by atoms with van der Waals surface area (Å²) in [7, 11) is 0. The van der Waals surface area contributed by atoms with Crippen LogP contribution < -0.4 is 0 Å². The van der Waals surface area contributed by atoms with Gasteiger partial charge in [0.15, 0.2) is 6.29 Å². The first-order chi connectivity index (χ1) is 9.51. The van der Waals surface area contributed by atoms with Gasteiger partial charge < -0.3 is 9.47 Å². The molecule has 1 fully saturated rings. The van der Waals surface area contributed by atoms with Gasteiger partial charge in [-0.2, -0.15) is 0 Å². The Morgan fingerprint density at radius 1 is 1.30 bits per heavy atom. The van der Waals surface area contributed by atoms with Crippen LogP contribution in [0.3, 0.4) is 0 Å². The first-order valence-corrected chi connectivity index (χ1v) is 8.59. The lowest BCUT2D eigenvalue weighted by molar-refractivity contribution is -0.110. The van der Waals surface area contributed by atoms with Crippen LogP contribution in [-0.4, -0.2) is 24.9 Å². The van der Waals surface area contributed by atoms with Gasteiger partial charge in [0.25, 0.3) is 0 Å². The van der Waals surface area contributed by atoms with Crippen molar-refractivity contribution in [2.75, 3.05) is 12.5 Å². The second kappa shape index (κ2) is 5.62. The van der Waals surface area contributed by atoms with Crippen molar-refractivity contribution in [3.8, 4) is 0 Å². The van der Waals surface area contributed by atoms with E-state index >= 15 is 0 Å². The Morgan fingerprint density at radius 2 is 2.10 bits per heavy atom. The lowest BCUT2D eigenvalue weighted by Gasteiger charge is -2.44. The van der Waals surface area contributed by atoms with Crippen LogP contribution in [0.1, 0.15) is 52.9 Å². The van der Waals surface area contributed by atoms with E-state index in [1.54, 1.807) is 11.1 Å². The summed E-state index contributed by atoms with van der Waals surface area (Å²) < 4.78 is 11.9. The summed E-state index contributed by atoms with van der Waals surface area (Å²) in [5, 5.41) is 0. The van der Waals surface area contributed by atoms with E-state index in [0.29, 0.717) is 29.7 Å². The zero-order chi connectivity index (χ0) is 14.3. The monoisotopic (exact) mass is 298 g/mol. The molecule has 0 aromatic carbocycles. The summed E-state index contributed by atoms with van der Waals surface area (Å²) in [6.45, 7) is 7.84. The molecule has 3 heteroatoms. The van der Waals surface area contributed by atoms with Crippen molar-refractivity contribution < 1.29 is 9.47 Å². The predicted octanol–water partition coefficient (Wildman–Crippen LogP) is 4.52. The Labute approximate surface area is 127 Å². The van der Waals surface area contributed by atoms with Crippen LogP contribution in [0.15, 0.2) is 11.1 Å². The van der Waals surface area contributed by atoms with Crippen molar-refractivity contribution in [1.82, 2.24) is 0 Å². The van der Waals surface area contributed by atoms with E-state index in [0.717, 1.165) is 6.42 Å². The molecule has 3 rings (SSSR count). The van der Waals surface area contributed by atoms with Gasteiger partial charge in [-0.15, -0.1) is 11.6 Å². The van der Waals surface area contributed by atoms with Gasteiger partial charge in [-0.05, 0) is 43.4 Å². The van der Waals surface area contributed by atoms with Crippen LogP contribution in [0.4, 0.5) is 0 Å². The maximum absolute atomic E-state index is 5.99. The molecule has 0 radical (unpaired) electrons. The van der Waals surface area contributed by atoms with Gasteiger partial charge in [0.1, 0.15) is 0 Å². The fourth-order valence-corrected chi connectivity index (χ4v) is 4.45. The summed E-state index contributed by atoms with van der Waals surface area (Å²) in [4.78, 5) is 0. The highest BCUT2D eigenvalue weighted by atomic mass is 35.5. The Bertz CT molecular complexity index is 402. The van der Waals surface area contributed by atoms with Crippen LogP contribution in [0.2, 0.25) is 0 Å². The molecule has 3 aliphatic rings. The summed E-state index contributed by atoms with van der Waals surface area (Å²) >= 11 is 5.89. The minimum Gasteiger partial charge on any atom is -0.350 e. The van der Waals surface area contributed by atoms with Gasteiger partial charge in [0.05, 0.1) is 18.6 Å². The molecule has 114 valence electrons. The number of allylic oxidation sites excluding steroid dienone is 2. The lowest BCUT2D eigenvalue weighted by atomic mass is 9.63. The number of halogens is 1. The Kier molecular flexibility index (Phi) is 4.18. The van der Waals surface area contributed by atoms with Crippen molar-refractivity contribution in [2.45, 2.75) is 65.3 Å². The lowest BCUT2D eigenvalue weighted by Crippen LogP contribution is -2.36. The topological polar surface area (TPSA) is 18.5 Å². The average molecular weight is 299 g/mol. The molecule has 0 aromatic rings. The SMILES string of the molecule is C[C@@H]1CC2=C(C[C@@H]1[C@H]1OC[C@H](CCl)O1)C(C)(C)CCC2. The zero-order valence-electron chi connectivity index (χ0n) is 13.0. The third kappa shape index (κ3) is 2.67. The smallest absolute Gasteiger partial charge is 0.161 e.